The third kappa shape index (κ3) is 3.48. The minimum atomic E-state index is -1.78. The van der Waals surface area contributed by atoms with Crippen LogP contribution in [0.2, 0.25) is 39.3 Å². The van der Waals surface area contributed by atoms with Crippen LogP contribution in [0.4, 0.5) is 0 Å². The number of hydrogen-bond acceptors (Lipinski definition) is 1. The van der Waals surface area contributed by atoms with Gasteiger partial charge in [-0.2, -0.15) is 0 Å². The first kappa shape index (κ1) is 19.5. The predicted molar refractivity (Wildman–Crippen MR) is 122 cm³/mol. The molecule has 0 unspecified atom stereocenters. The highest BCUT2D eigenvalue weighted by Gasteiger charge is 2.47. The van der Waals surface area contributed by atoms with Crippen LogP contribution in [-0.2, 0) is 4.43 Å². The van der Waals surface area contributed by atoms with Crippen molar-refractivity contribution in [1.82, 2.24) is 0 Å². The van der Waals surface area contributed by atoms with Crippen molar-refractivity contribution in [3.63, 3.8) is 0 Å². The van der Waals surface area contributed by atoms with E-state index in [9.17, 15) is 0 Å². The van der Waals surface area contributed by atoms with Crippen LogP contribution in [0.15, 0.2) is 70.7 Å². The van der Waals surface area contributed by atoms with Gasteiger partial charge in [-0.3, -0.25) is 0 Å². The summed E-state index contributed by atoms with van der Waals surface area (Å²) in [7, 11) is -5.34. The van der Waals surface area contributed by atoms with Crippen LogP contribution in [0.5, 0.6) is 0 Å². The predicted octanol–water partition coefficient (Wildman–Crippen LogP) is 4.76. The second-order valence-electron chi connectivity index (χ2n) is 8.94. The molecule has 1 aliphatic heterocycles. The second-order valence-corrected chi connectivity index (χ2v) is 22.0. The molecular weight excluding hydrogens is 364 g/mol. The largest absolute Gasteiger partial charge is 0.413 e. The van der Waals surface area contributed by atoms with Crippen LogP contribution in [0.25, 0.3) is 0 Å². The van der Waals surface area contributed by atoms with Crippen molar-refractivity contribution in [1.29, 1.82) is 0 Å². The lowest BCUT2D eigenvalue weighted by Gasteiger charge is -2.41. The fourth-order valence-electron chi connectivity index (χ4n) is 4.76. The zero-order valence-corrected chi connectivity index (χ0v) is 20.1. The molecular formula is C22H32OSi3. The molecule has 3 rings (SSSR count). The Kier molecular flexibility index (Phi) is 5.32. The summed E-state index contributed by atoms with van der Waals surface area (Å²) in [6.45, 7) is 16.0. The molecule has 26 heavy (non-hydrogen) atoms. The summed E-state index contributed by atoms with van der Waals surface area (Å²) < 4.78 is 6.32. The van der Waals surface area contributed by atoms with Crippen molar-refractivity contribution in [2.45, 2.75) is 45.7 Å². The van der Waals surface area contributed by atoms with Gasteiger partial charge in [-0.25, -0.2) is 0 Å². The molecule has 1 nitrogen and oxygen atoms in total. The minimum Gasteiger partial charge on any atom is -0.413 e. The normalized spacial score (nSPS) is 17.4. The molecule has 0 N–H and O–H groups in total. The minimum absolute atomic E-state index is 0.913. The highest BCUT2D eigenvalue weighted by Crippen LogP contribution is 2.38. The van der Waals surface area contributed by atoms with Crippen molar-refractivity contribution in [2.24, 2.45) is 0 Å². The first-order valence-corrected chi connectivity index (χ1v) is 18.6. The molecule has 138 valence electrons. The molecule has 2 aromatic carbocycles. The SMILES string of the molecule is C[Si]1(C)OCCC1=C([Si](C)(C)c1ccccc1)[Si](C)(C)c1ccccc1. The van der Waals surface area contributed by atoms with Gasteiger partial charge < -0.3 is 4.43 Å². The maximum absolute atomic E-state index is 6.32. The van der Waals surface area contributed by atoms with Gasteiger partial charge in [-0.05, 0) is 19.5 Å². The molecule has 2 aromatic rings. The lowest BCUT2D eigenvalue weighted by molar-refractivity contribution is 0.350. The third-order valence-corrected chi connectivity index (χ3v) is 19.9. The molecule has 0 radical (unpaired) electrons. The Labute approximate surface area is 162 Å². The van der Waals surface area contributed by atoms with E-state index in [0.29, 0.717) is 0 Å². The summed E-state index contributed by atoms with van der Waals surface area (Å²) in [6, 6.07) is 22.5. The van der Waals surface area contributed by atoms with E-state index < -0.39 is 24.5 Å². The summed E-state index contributed by atoms with van der Waals surface area (Å²) in [4.78, 5) is 1.83. The molecule has 4 heteroatoms. The van der Waals surface area contributed by atoms with Gasteiger partial charge in [0.15, 0.2) is 0 Å². The van der Waals surface area contributed by atoms with Gasteiger partial charge in [-0.1, -0.05) is 107 Å². The summed E-state index contributed by atoms with van der Waals surface area (Å²) in [6.07, 6.45) is 1.14. The quantitative estimate of drug-likeness (QED) is 0.677. The van der Waals surface area contributed by atoms with Gasteiger partial charge >= 0.3 is 0 Å². The molecule has 0 bridgehead atoms. The van der Waals surface area contributed by atoms with Crippen LogP contribution in [-0.4, -0.2) is 31.1 Å². The van der Waals surface area contributed by atoms with Gasteiger partial charge in [0.05, 0.1) is 0 Å². The molecule has 1 heterocycles. The molecule has 1 saturated heterocycles. The average molecular weight is 397 g/mol. The Bertz CT molecular complexity index is 739. The number of rotatable bonds is 4. The topological polar surface area (TPSA) is 9.23 Å². The van der Waals surface area contributed by atoms with Crippen molar-refractivity contribution in [3.05, 3.63) is 70.7 Å². The van der Waals surface area contributed by atoms with Crippen LogP contribution < -0.4 is 10.4 Å². The monoisotopic (exact) mass is 396 g/mol. The maximum Gasteiger partial charge on any atom is 0.213 e. The fraction of sp³-hybridized carbons (Fsp3) is 0.364. The van der Waals surface area contributed by atoms with Gasteiger partial charge in [0.1, 0.15) is 16.1 Å². The molecule has 0 spiro atoms. The van der Waals surface area contributed by atoms with E-state index in [0.717, 1.165) is 13.0 Å². The molecule has 0 saturated carbocycles. The van der Waals surface area contributed by atoms with Crippen molar-refractivity contribution < 1.29 is 4.43 Å². The first-order valence-electron chi connectivity index (χ1n) is 9.67. The van der Waals surface area contributed by atoms with Gasteiger partial charge in [-0.15, -0.1) is 0 Å². The van der Waals surface area contributed by atoms with Crippen molar-refractivity contribution in [2.75, 3.05) is 6.61 Å². The summed E-state index contributed by atoms with van der Waals surface area (Å²) in [5.74, 6) is 0. The lowest BCUT2D eigenvalue weighted by Crippen LogP contribution is -2.59. The highest BCUT2D eigenvalue weighted by molar-refractivity contribution is 7.16. The van der Waals surface area contributed by atoms with Crippen LogP contribution in [0.3, 0.4) is 0 Å². The molecule has 1 aliphatic rings. The lowest BCUT2D eigenvalue weighted by atomic mass is 10.4. The van der Waals surface area contributed by atoms with Crippen LogP contribution in [0.1, 0.15) is 6.42 Å². The first-order chi connectivity index (χ1) is 12.2. The Balaban J connectivity index is 2.27. The summed E-state index contributed by atoms with van der Waals surface area (Å²) in [5.41, 5.74) is 0. The number of hydrogen-bond donors (Lipinski definition) is 0. The van der Waals surface area contributed by atoms with E-state index in [4.69, 9.17) is 4.43 Å². The molecule has 0 amide bonds. The van der Waals surface area contributed by atoms with Gasteiger partial charge in [0.25, 0.3) is 0 Å². The Morgan fingerprint density at radius 1 is 0.769 bits per heavy atom. The molecule has 0 atom stereocenters. The van der Waals surface area contributed by atoms with Crippen molar-refractivity contribution in [3.8, 4) is 0 Å². The Hall–Kier alpha value is -1.21. The highest BCUT2D eigenvalue weighted by atomic mass is 28.4. The molecule has 0 aromatic heterocycles. The van der Waals surface area contributed by atoms with Crippen LogP contribution in [0, 0.1) is 0 Å². The molecule has 1 fully saturated rings. The van der Waals surface area contributed by atoms with Crippen LogP contribution >= 0.6 is 0 Å². The van der Waals surface area contributed by atoms with E-state index in [1.807, 2.05) is 4.82 Å². The summed E-state index contributed by atoms with van der Waals surface area (Å²) >= 11 is 0. The van der Waals surface area contributed by atoms with Crippen molar-refractivity contribution >= 4 is 34.8 Å². The Morgan fingerprint density at radius 3 is 1.54 bits per heavy atom. The van der Waals surface area contributed by atoms with Gasteiger partial charge in [0.2, 0.25) is 8.32 Å². The summed E-state index contributed by atoms with van der Waals surface area (Å²) in [5, 5.41) is 4.82. The Morgan fingerprint density at radius 2 is 1.19 bits per heavy atom. The maximum atomic E-state index is 6.32. The number of benzene rings is 2. The smallest absolute Gasteiger partial charge is 0.213 e. The third-order valence-electron chi connectivity index (χ3n) is 6.08. The molecule has 0 aliphatic carbocycles. The standard InChI is InChI=1S/C22H32OSi3/c1-24(2,19-13-9-7-10-14-19)22(21-17-18-23-26(21,5)6)25(3,4)20-15-11-8-12-16-20/h7-16H,17-18H2,1-6H3. The average Bonchev–Trinajstić information content (AvgIpc) is 2.95. The zero-order chi connectivity index (χ0) is 19.0. The van der Waals surface area contributed by atoms with E-state index in [-0.39, 0.29) is 0 Å². The zero-order valence-electron chi connectivity index (χ0n) is 17.1. The van der Waals surface area contributed by atoms with E-state index in [1.54, 1.807) is 15.6 Å². The van der Waals surface area contributed by atoms with E-state index >= 15 is 0 Å². The fourth-order valence-corrected chi connectivity index (χ4v) is 22.0. The van der Waals surface area contributed by atoms with E-state index in [1.165, 1.54) is 0 Å². The van der Waals surface area contributed by atoms with E-state index in [2.05, 4.69) is 99.9 Å². The second kappa shape index (κ2) is 7.08. The van der Waals surface area contributed by atoms with Gasteiger partial charge in [0, 0.05) is 6.61 Å².